The first-order valence-electron chi connectivity index (χ1n) is 12.1. The van der Waals surface area contributed by atoms with Gasteiger partial charge in [0.05, 0.1) is 29.7 Å². The van der Waals surface area contributed by atoms with E-state index in [0.29, 0.717) is 12.8 Å². The average Bonchev–Trinajstić information content (AvgIpc) is 3.22. The molecule has 1 amide bonds. The zero-order valence-corrected chi connectivity index (χ0v) is 19.7. The molecule has 2 aromatic carbocycles. The summed E-state index contributed by atoms with van der Waals surface area (Å²) >= 11 is 0. The highest BCUT2D eigenvalue weighted by atomic mass is 16.5. The highest BCUT2D eigenvalue weighted by molar-refractivity contribution is 5.95. The molecule has 0 saturated heterocycles. The molecule has 1 N–H and O–H groups in total. The molecule has 2 aliphatic rings. The van der Waals surface area contributed by atoms with Gasteiger partial charge in [0.25, 0.3) is 0 Å². The molecule has 0 spiro atoms. The Balaban J connectivity index is 1.65. The fraction of sp³-hybridized carbons (Fsp3) is 0.444. The summed E-state index contributed by atoms with van der Waals surface area (Å²) in [5.74, 6) is -0.0817. The van der Waals surface area contributed by atoms with E-state index in [-0.39, 0.29) is 24.1 Å². The lowest BCUT2D eigenvalue weighted by Gasteiger charge is -2.34. The lowest BCUT2D eigenvalue weighted by Crippen LogP contribution is -2.42. The fourth-order valence-corrected chi connectivity index (χ4v) is 5.76. The number of hydrogen-bond donors (Lipinski definition) is 1. The number of methoxy groups -OCH3 is 1. The van der Waals surface area contributed by atoms with Crippen molar-refractivity contribution in [3.05, 3.63) is 59.4 Å². The van der Waals surface area contributed by atoms with E-state index in [4.69, 9.17) is 9.72 Å². The van der Waals surface area contributed by atoms with E-state index in [1.165, 1.54) is 12.7 Å². The van der Waals surface area contributed by atoms with Crippen molar-refractivity contribution in [2.75, 3.05) is 12.0 Å². The van der Waals surface area contributed by atoms with Crippen LogP contribution in [0.2, 0.25) is 0 Å². The van der Waals surface area contributed by atoms with Gasteiger partial charge in [0.2, 0.25) is 0 Å². The first-order chi connectivity index (χ1) is 16.5. The standard InChI is InChI=1S/C27H31N3O4/c1-17-11-12-21-22(29(17)27(33)34-2)13-14-23-25(21)28-24(15-18-7-4-3-5-8-18)30(23)20-10-6-9-19(16-20)26(31)32/h3-5,7-8,13-14,17,19-20H,6,9-12,15-16H2,1-2H3,(H,31,32)/t17-,19-,20?/m1/s1. The van der Waals surface area contributed by atoms with Crippen LogP contribution >= 0.6 is 0 Å². The number of aryl methyl sites for hydroxylation is 1. The van der Waals surface area contributed by atoms with E-state index in [0.717, 1.165) is 60.2 Å². The second-order valence-corrected chi connectivity index (χ2v) is 9.57. The third kappa shape index (κ3) is 3.93. The van der Waals surface area contributed by atoms with Gasteiger partial charge in [-0.3, -0.25) is 9.69 Å². The number of aliphatic carboxylic acids is 1. The normalized spacial score (nSPS) is 22.4. The predicted octanol–water partition coefficient (Wildman–Crippen LogP) is 5.35. The molecule has 0 radical (unpaired) electrons. The summed E-state index contributed by atoms with van der Waals surface area (Å²) in [6.45, 7) is 2.04. The van der Waals surface area contributed by atoms with E-state index < -0.39 is 5.97 Å². The summed E-state index contributed by atoms with van der Waals surface area (Å²) < 4.78 is 7.36. The molecule has 1 aliphatic carbocycles. The second-order valence-electron chi connectivity index (χ2n) is 9.57. The number of carboxylic acids is 1. The van der Waals surface area contributed by atoms with E-state index in [1.54, 1.807) is 4.90 Å². The van der Waals surface area contributed by atoms with Crippen molar-refractivity contribution in [2.45, 2.75) is 64.0 Å². The Morgan fingerprint density at radius 2 is 1.91 bits per heavy atom. The smallest absolute Gasteiger partial charge is 0.414 e. The Hall–Kier alpha value is -3.35. The maximum absolute atomic E-state index is 12.6. The number of amides is 1. The molecule has 1 unspecified atom stereocenters. The van der Waals surface area contributed by atoms with Gasteiger partial charge in [-0.2, -0.15) is 0 Å². The van der Waals surface area contributed by atoms with E-state index in [1.807, 2.05) is 37.3 Å². The number of carboxylic acid groups (broad SMARTS) is 1. The molecule has 7 nitrogen and oxygen atoms in total. The van der Waals surface area contributed by atoms with Gasteiger partial charge in [0.1, 0.15) is 5.82 Å². The highest BCUT2D eigenvalue weighted by Gasteiger charge is 2.34. The fourth-order valence-electron chi connectivity index (χ4n) is 5.76. The van der Waals surface area contributed by atoms with Crippen molar-refractivity contribution in [1.82, 2.24) is 9.55 Å². The quantitative estimate of drug-likeness (QED) is 0.566. The number of nitrogens with zero attached hydrogens (tertiary/aromatic N) is 3. The van der Waals surface area contributed by atoms with Crippen LogP contribution in [0, 0.1) is 5.92 Å². The number of hydrogen-bond acceptors (Lipinski definition) is 4. The molecule has 0 bridgehead atoms. The zero-order valence-electron chi connectivity index (χ0n) is 19.7. The molecular formula is C27H31N3O4. The van der Waals surface area contributed by atoms with Gasteiger partial charge in [-0.25, -0.2) is 9.78 Å². The van der Waals surface area contributed by atoms with Gasteiger partial charge in [-0.1, -0.05) is 36.8 Å². The van der Waals surface area contributed by atoms with Crippen LogP contribution in [-0.4, -0.2) is 39.9 Å². The molecule has 1 aliphatic heterocycles. The third-order valence-electron chi connectivity index (χ3n) is 7.46. The van der Waals surface area contributed by atoms with Crippen molar-refractivity contribution in [1.29, 1.82) is 0 Å². The number of aromatic nitrogens is 2. The zero-order chi connectivity index (χ0) is 23.8. The second kappa shape index (κ2) is 9.12. The van der Waals surface area contributed by atoms with Gasteiger partial charge in [-0.15, -0.1) is 0 Å². The Kier molecular flexibility index (Phi) is 6.02. The molecule has 178 valence electrons. The largest absolute Gasteiger partial charge is 0.481 e. The third-order valence-corrected chi connectivity index (χ3v) is 7.46. The molecular weight excluding hydrogens is 430 g/mol. The van der Waals surface area contributed by atoms with E-state index in [2.05, 4.69) is 16.7 Å². The molecule has 5 rings (SSSR count). The topological polar surface area (TPSA) is 84.7 Å². The summed E-state index contributed by atoms with van der Waals surface area (Å²) in [6, 6.07) is 14.5. The van der Waals surface area contributed by atoms with Crippen molar-refractivity contribution in [2.24, 2.45) is 5.92 Å². The minimum absolute atomic E-state index is 0.0537. The summed E-state index contributed by atoms with van der Waals surface area (Å²) in [4.78, 5) is 31.2. The van der Waals surface area contributed by atoms with Crippen LogP contribution in [0.3, 0.4) is 0 Å². The van der Waals surface area contributed by atoms with Crippen molar-refractivity contribution in [3.63, 3.8) is 0 Å². The Bertz CT molecular complexity index is 1220. The lowest BCUT2D eigenvalue weighted by molar-refractivity contribution is -0.143. The number of carbonyl (C=O) groups excluding carboxylic acids is 1. The van der Waals surface area contributed by atoms with Crippen LogP contribution in [0.5, 0.6) is 0 Å². The predicted molar refractivity (Wildman–Crippen MR) is 130 cm³/mol. The van der Waals surface area contributed by atoms with Crippen LogP contribution in [0.4, 0.5) is 10.5 Å². The molecule has 1 saturated carbocycles. The minimum atomic E-state index is -0.709. The van der Waals surface area contributed by atoms with E-state index in [9.17, 15) is 14.7 Å². The summed E-state index contributed by atoms with van der Waals surface area (Å²) in [7, 11) is 1.41. The van der Waals surface area contributed by atoms with Gasteiger partial charge >= 0.3 is 12.1 Å². The Morgan fingerprint density at radius 1 is 1.12 bits per heavy atom. The Morgan fingerprint density at radius 3 is 2.65 bits per heavy atom. The summed E-state index contributed by atoms with van der Waals surface area (Å²) in [5.41, 5.74) is 5.05. The molecule has 3 aromatic rings. The molecule has 7 heteroatoms. The van der Waals surface area contributed by atoms with Crippen molar-refractivity contribution >= 4 is 28.8 Å². The van der Waals surface area contributed by atoms with Gasteiger partial charge in [0, 0.05) is 24.1 Å². The maximum atomic E-state index is 12.6. The van der Waals surface area contributed by atoms with Crippen LogP contribution in [0.25, 0.3) is 11.0 Å². The summed E-state index contributed by atoms with van der Waals surface area (Å²) in [5, 5.41) is 9.68. The number of anilines is 1. The van der Waals surface area contributed by atoms with Crippen LogP contribution in [0.1, 0.15) is 62.0 Å². The van der Waals surface area contributed by atoms with Crippen molar-refractivity contribution < 1.29 is 19.4 Å². The van der Waals surface area contributed by atoms with Gasteiger partial charge < -0.3 is 14.4 Å². The number of fused-ring (bicyclic) bond motifs is 3. The summed E-state index contributed by atoms with van der Waals surface area (Å²) in [6.07, 6.45) is 5.19. The maximum Gasteiger partial charge on any atom is 0.414 e. The number of ether oxygens (including phenoxy) is 1. The van der Waals surface area contributed by atoms with Crippen LogP contribution < -0.4 is 4.90 Å². The van der Waals surface area contributed by atoms with Crippen LogP contribution in [-0.2, 0) is 22.4 Å². The highest BCUT2D eigenvalue weighted by Crippen LogP contribution is 2.40. The number of rotatable bonds is 4. The van der Waals surface area contributed by atoms with Crippen LogP contribution in [0.15, 0.2) is 42.5 Å². The molecule has 1 fully saturated rings. The lowest BCUT2D eigenvalue weighted by atomic mass is 9.85. The van der Waals surface area contributed by atoms with Crippen molar-refractivity contribution in [3.8, 4) is 0 Å². The number of benzene rings is 2. The first kappa shape index (κ1) is 22.4. The molecule has 1 aromatic heterocycles. The number of imidazole rings is 1. The molecule has 34 heavy (non-hydrogen) atoms. The van der Waals surface area contributed by atoms with Gasteiger partial charge in [-0.05, 0) is 56.7 Å². The average molecular weight is 462 g/mol. The van der Waals surface area contributed by atoms with Gasteiger partial charge in [0.15, 0.2) is 0 Å². The molecule has 3 atom stereocenters. The first-order valence-corrected chi connectivity index (χ1v) is 12.1. The Labute approximate surface area is 199 Å². The SMILES string of the molecule is COC(=O)N1c2ccc3c(nc(Cc4ccccc4)n3C3CCC[C@@H](C(=O)O)C3)c2CC[C@H]1C. The van der Waals surface area contributed by atoms with E-state index >= 15 is 0 Å². The minimum Gasteiger partial charge on any atom is -0.481 e. The number of carbonyl (C=O) groups is 2. The monoisotopic (exact) mass is 461 g/mol. The molecule has 2 heterocycles.